The Labute approximate surface area is 197 Å². The summed E-state index contributed by atoms with van der Waals surface area (Å²) in [5, 5.41) is 10.3. The van der Waals surface area contributed by atoms with E-state index in [1.54, 1.807) is 12.0 Å². The highest BCUT2D eigenvalue weighted by Crippen LogP contribution is 2.14. The number of halogens is 3. The zero-order valence-electron chi connectivity index (χ0n) is 19.3. The number of hydrogen-bond donors (Lipinski definition) is 2. The zero-order chi connectivity index (χ0) is 25.8. The molecule has 0 atom stereocenters. The van der Waals surface area contributed by atoms with Crippen molar-refractivity contribution in [3.63, 3.8) is 0 Å². The minimum absolute atomic E-state index is 0.00294. The molecule has 1 aliphatic heterocycles. The topological polar surface area (TPSA) is 116 Å². The van der Waals surface area contributed by atoms with Crippen LogP contribution in [0.4, 0.5) is 13.2 Å². The van der Waals surface area contributed by atoms with Crippen LogP contribution in [0.25, 0.3) is 0 Å². The largest absolute Gasteiger partial charge is 0.497 e. The number of methoxy groups -OCH3 is 1. The summed E-state index contributed by atoms with van der Waals surface area (Å²) in [5.41, 5.74) is 1.06. The number of benzene rings is 1. The maximum absolute atomic E-state index is 12.6. The molecule has 9 nitrogen and oxygen atoms in total. The van der Waals surface area contributed by atoms with Crippen molar-refractivity contribution < 1.29 is 41.0 Å². The minimum Gasteiger partial charge on any atom is -0.497 e. The number of aliphatic carboxylic acids is 1. The lowest BCUT2D eigenvalue weighted by molar-refractivity contribution is -0.192. The van der Waals surface area contributed by atoms with Gasteiger partial charge in [0.2, 0.25) is 15.9 Å². The Bertz CT molecular complexity index is 873. The highest BCUT2D eigenvalue weighted by Gasteiger charge is 2.38. The van der Waals surface area contributed by atoms with E-state index in [9.17, 15) is 26.4 Å². The van der Waals surface area contributed by atoms with Crippen LogP contribution in [0.3, 0.4) is 0 Å². The Morgan fingerprint density at radius 2 is 1.71 bits per heavy atom. The number of carbonyl (C=O) groups is 2. The molecule has 2 N–H and O–H groups in total. The molecule has 13 heteroatoms. The van der Waals surface area contributed by atoms with Crippen molar-refractivity contribution in [1.29, 1.82) is 0 Å². The number of carboxylic acid groups (broad SMARTS) is 1. The first-order chi connectivity index (χ1) is 15.9. The molecular weight excluding hydrogens is 479 g/mol. The second-order valence-electron chi connectivity index (χ2n) is 7.50. The average Bonchev–Trinajstić information content (AvgIpc) is 2.81. The first-order valence-electron chi connectivity index (χ1n) is 10.8. The van der Waals surface area contributed by atoms with Gasteiger partial charge in [0.1, 0.15) is 5.75 Å². The highest BCUT2D eigenvalue weighted by molar-refractivity contribution is 7.89. The molecule has 1 aromatic rings. The van der Waals surface area contributed by atoms with Gasteiger partial charge in [0.05, 0.1) is 12.9 Å². The fourth-order valence-corrected chi connectivity index (χ4v) is 4.56. The van der Waals surface area contributed by atoms with Crippen molar-refractivity contribution >= 4 is 21.9 Å². The van der Waals surface area contributed by atoms with E-state index in [-0.39, 0.29) is 18.2 Å². The molecule has 1 fully saturated rings. The number of rotatable bonds is 10. The van der Waals surface area contributed by atoms with Crippen LogP contribution in [-0.4, -0.2) is 92.9 Å². The number of aryl methyl sites for hydroxylation is 1. The average molecular weight is 512 g/mol. The van der Waals surface area contributed by atoms with Crippen molar-refractivity contribution in [2.45, 2.75) is 32.4 Å². The molecule has 34 heavy (non-hydrogen) atoms. The number of carboxylic acids is 1. The number of nitrogens with zero attached hydrogens (tertiary/aromatic N) is 2. The van der Waals surface area contributed by atoms with Gasteiger partial charge in [-0.15, -0.1) is 0 Å². The van der Waals surface area contributed by atoms with Crippen molar-refractivity contribution in [2.75, 3.05) is 52.1 Å². The van der Waals surface area contributed by atoms with Gasteiger partial charge in [-0.05, 0) is 30.5 Å². The predicted molar refractivity (Wildman–Crippen MR) is 120 cm³/mol. The fraction of sp³-hybridized carbons (Fsp3) is 0.619. The van der Waals surface area contributed by atoms with Gasteiger partial charge < -0.3 is 20.1 Å². The van der Waals surface area contributed by atoms with Crippen LogP contribution in [0.5, 0.6) is 5.75 Å². The maximum Gasteiger partial charge on any atom is 0.490 e. The summed E-state index contributed by atoms with van der Waals surface area (Å²) in [7, 11) is -1.70. The summed E-state index contributed by atoms with van der Waals surface area (Å²) >= 11 is 0. The van der Waals surface area contributed by atoms with Gasteiger partial charge >= 0.3 is 12.1 Å². The first kappa shape index (κ1) is 29.7. The zero-order valence-corrected chi connectivity index (χ0v) is 20.1. The summed E-state index contributed by atoms with van der Waals surface area (Å²) < 4.78 is 63.4. The van der Waals surface area contributed by atoms with E-state index in [0.29, 0.717) is 45.6 Å². The normalized spacial score (nSPS) is 14.6. The van der Waals surface area contributed by atoms with Crippen LogP contribution in [0.15, 0.2) is 24.3 Å². The third-order valence-corrected chi connectivity index (χ3v) is 6.81. The quantitative estimate of drug-likeness (QED) is 0.492. The summed E-state index contributed by atoms with van der Waals surface area (Å²) in [6.07, 6.45) is -3.27. The van der Waals surface area contributed by atoms with E-state index >= 15 is 0 Å². The maximum atomic E-state index is 12.6. The summed E-state index contributed by atoms with van der Waals surface area (Å²) in [6, 6.07) is 7.66. The Morgan fingerprint density at radius 1 is 1.15 bits per heavy atom. The third kappa shape index (κ3) is 10.7. The van der Waals surface area contributed by atoms with Gasteiger partial charge in [-0.25, -0.2) is 13.2 Å². The van der Waals surface area contributed by atoms with Crippen LogP contribution in [0.1, 0.15) is 25.3 Å². The Morgan fingerprint density at radius 3 is 2.18 bits per heavy atom. The predicted octanol–water partition coefficient (Wildman–Crippen LogP) is 1.73. The standard InChI is InChI=1S/C19H31N3O4S.C2HF3O2/c1-3-12-21(15-16-27(24,25)22-13-10-20-11-14-22)19(23)9-6-17-4-7-18(26-2)8-5-17;3-2(4,5)1(6)7/h4-5,7-8,20H,3,6,9-16H2,1-2H3;(H,6,7). The second-order valence-corrected chi connectivity index (χ2v) is 9.59. The third-order valence-electron chi connectivity index (χ3n) is 4.96. The molecule has 0 spiro atoms. The smallest absolute Gasteiger partial charge is 0.490 e. The van der Waals surface area contributed by atoms with Gasteiger partial charge in [0.25, 0.3) is 0 Å². The minimum atomic E-state index is -5.08. The molecular formula is C21H32F3N3O6S. The van der Waals surface area contributed by atoms with Crippen molar-refractivity contribution in [2.24, 2.45) is 0 Å². The van der Waals surface area contributed by atoms with E-state index in [2.05, 4.69) is 5.32 Å². The van der Waals surface area contributed by atoms with Gasteiger partial charge in [0, 0.05) is 45.7 Å². The summed E-state index contributed by atoms with van der Waals surface area (Å²) in [5.74, 6) is -1.98. The van der Waals surface area contributed by atoms with Gasteiger partial charge in [-0.3, -0.25) is 4.79 Å². The van der Waals surface area contributed by atoms with E-state index < -0.39 is 22.2 Å². The van der Waals surface area contributed by atoms with Crippen LogP contribution in [-0.2, 0) is 26.0 Å². The molecule has 2 rings (SSSR count). The fourth-order valence-electron chi connectivity index (χ4n) is 3.11. The molecule has 0 aromatic heterocycles. The number of amides is 1. The molecule has 0 unspecified atom stereocenters. The Kier molecular flexibility index (Phi) is 12.3. The molecule has 1 aromatic carbocycles. The molecule has 1 aliphatic rings. The SMILES string of the molecule is CCCN(CCS(=O)(=O)N1CCNCC1)C(=O)CCc1ccc(OC)cc1.O=C(O)C(F)(F)F. The van der Waals surface area contributed by atoms with E-state index in [0.717, 1.165) is 17.7 Å². The number of hydrogen-bond acceptors (Lipinski definition) is 6. The monoisotopic (exact) mass is 511 g/mol. The van der Waals surface area contributed by atoms with E-state index in [1.807, 2.05) is 31.2 Å². The van der Waals surface area contributed by atoms with Crippen LogP contribution in [0.2, 0.25) is 0 Å². The lowest BCUT2D eigenvalue weighted by atomic mass is 10.1. The summed E-state index contributed by atoms with van der Waals surface area (Å²) in [4.78, 5) is 23.2. The number of ether oxygens (including phenoxy) is 1. The van der Waals surface area contributed by atoms with E-state index in [1.165, 1.54) is 4.31 Å². The molecule has 1 amide bonds. The molecule has 0 saturated carbocycles. The lowest BCUT2D eigenvalue weighted by Gasteiger charge is -2.28. The van der Waals surface area contributed by atoms with Crippen molar-refractivity contribution in [3.05, 3.63) is 29.8 Å². The van der Waals surface area contributed by atoms with Gasteiger partial charge in [-0.1, -0.05) is 19.1 Å². The Balaban J connectivity index is 0.000000718. The molecule has 0 radical (unpaired) electrons. The lowest BCUT2D eigenvalue weighted by Crippen LogP contribution is -2.48. The van der Waals surface area contributed by atoms with Crippen LogP contribution < -0.4 is 10.1 Å². The number of sulfonamides is 1. The summed E-state index contributed by atoms with van der Waals surface area (Å²) in [6.45, 7) is 5.19. The number of alkyl halides is 3. The molecule has 1 heterocycles. The molecule has 0 aliphatic carbocycles. The molecule has 1 saturated heterocycles. The Hall–Kier alpha value is -2.38. The van der Waals surface area contributed by atoms with Gasteiger partial charge in [0.15, 0.2) is 0 Å². The first-order valence-corrected chi connectivity index (χ1v) is 12.4. The van der Waals surface area contributed by atoms with Crippen LogP contribution in [0, 0.1) is 0 Å². The van der Waals surface area contributed by atoms with E-state index in [4.69, 9.17) is 14.6 Å². The number of carbonyl (C=O) groups excluding carboxylic acids is 1. The molecule has 194 valence electrons. The molecule has 0 bridgehead atoms. The highest BCUT2D eigenvalue weighted by atomic mass is 32.2. The number of nitrogens with one attached hydrogen (secondary N) is 1. The number of piperazine rings is 1. The van der Waals surface area contributed by atoms with Crippen molar-refractivity contribution in [3.8, 4) is 5.75 Å². The van der Waals surface area contributed by atoms with Gasteiger partial charge in [-0.2, -0.15) is 17.5 Å². The second kappa shape index (κ2) is 14.1. The van der Waals surface area contributed by atoms with Crippen molar-refractivity contribution in [1.82, 2.24) is 14.5 Å². The van der Waals surface area contributed by atoms with Crippen LogP contribution >= 0.6 is 0 Å².